The quantitative estimate of drug-likeness (QED) is 0.698. The molecule has 0 spiro atoms. The second-order valence-corrected chi connectivity index (χ2v) is 2.94. The fourth-order valence-electron chi connectivity index (χ4n) is 1.12. The molecule has 0 amide bonds. The Morgan fingerprint density at radius 3 is 2.87 bits per heavy atom. The van der Waals surface area contributed by atoms with Gasteiger partial charge >= 0.3 is 0 Å². The minimum Gasteiger partial charge on any atom is -0.475 e. The number of rotatable bonds is 7. The first-order valence-corrected chi connectivity index (χ1v) is 5.28. The van der Waals surface area contributed by atoms with Gasteiger partial charge in [0.2, 0.25) is 5.88 Å². The van der Waals surface area contributed by atoms with Gasteiger partial charge in [0.25, 0.3) is 0 Å². The number of nitrogens with zero attached hydrogens (tertiary/aromatic N) is 1. The molecular formula is C11H18N2O2. The van der Waals surface area contributed by atoms with Crippen molar-refractivity contribution in [1.82, 2.24) is 4.98 Å². The van der Waals surface area contributed by atoms with Gasteiger partial charge in [-0.1, -0.05) is 6.07 Å². The van der Waals surface area contributed by atoms with Crippen LogP contribution in [0.5, 0.6) is 5.88 Å². The van der Waals surface area contributed by atoms with Crippen LogP contribution in [-0.4, -0.2) is 31.3 Å². The van der Waals surface area contributed by atoms with E-state index < -0.39 is 0 Å². The molecule has 1 aromatic rings. The molecule has 15 heavy (non-hydrogen) atoms. The fraction of sp³-hybridized carbons (Fsp3) is 0.545. The predicted molar refractivity (Wildman–Crippen MR) is 60.4 cm³/mol. The van der Waals surface area contributed by atoms with Crippen LogP contribution in [0.3, 0.4) is 0 Å². The van der Waals surface area contributed by atoms with Crippen LogP contribution >= 0.6 is 0 Å². The van der Waals surface area contributed by atoms with Crippen LogP contribution in [0, 0.1) is 0 Å². The third-order valence-electron chi connectivity index (χ3n) is 1.76. The van der Waals surface area contributed by atoms with Gasteiger partial charge in [0, 0.05) is 19.2 Å². The lowest BCUT2D eigenvalue weighted by Crippen LogP contribution is -2.08. The average molecular weight is 210 g/mol. The van der Waals surface area contributed by atoms with E-state index in [1.807, 2.05) is 32.0 Å². The summed E-state index contributed by atoms with van der Waals surface area (Å²) in [4.78, 5) is 4.27. The van der Waals surface area contributed by atoms with Crippen LogP contribution in [0.25, 0.3) is 0 Å². The Hall–Kier alpha value is -1.29. The maximum Gasteiger partial charge on any atom is 0.215 e. The van der Waals surface area contributed by atoms with Crippen molar-refractivity contribution in [3.05, 3.63) is 18.2 Å². The largest absolute Gasteiger partial charge is 0.475 e. The number of pyridine rings is 1. The second kappa shape index (κ2) is 7.06. The predicted octanol–water partition coefficient (Wildman–Crippen LogP) is 1.93. The van der Waals surface area contributed by atoms with Gasteiger partial charge in [-0.25, -0.2) is 0 Å². The van der Waals surface area contributed by atoms with Crippen LogP contribution in [0.2, 0.25) is 0 Å². The Labute approximate surface area is 90.6 Å². The molecule has 4 nitrogen and oxygen atoms in total. The molecule has 1 N–H and O–H groups in total. The van der Waals surface area contributed by atoms with Crippen molar-refractivity contribution in [3.63, 3.8) is 0 Å². The molecule has 0 radical (unpaired) electrons. The van der Waals surface area contributed by atoms with E-state index in [0.717, 1.165) is 12.4 Å². The highest BCUT2D eigenvalue weighted by Crippen LogP contribution is 2.10. The Morgan fingerprint density at radius 1 is 1.27 bits per heavy atom. The Balaban J connectivity index is 2.36. The molecule has 0 saturated carbocycles. The lowest BCUT2D eigenvalue weighted by Gasteiger charge is -2.07. The molecule has 0 atom stereocenters. The molecule has 0 fully saturated rings. The first kappa shape index (κ1) is 11.8. The third kappa shape index (κ3) is 4.65. The normalized spacial score (nSPS) is 10.0. The summed E-state index contributed by atoms with van der Waals surface area (Å²) in [7, 11) is 0. The summed E-state index contributed by atoms with van der Waals surface area (Å²) in [5.74, 6) is 1.47. The maximum absolute atomic E-state index is 5.42. The molecule has 0 bridgehead atoms. The van der Waals surface area contributed by atoms with Crippen LogP contribution in [0.1, 0.15) is 13.8 Å². The van der Waals surface area contributed by atoms with E-state index in [-0.39, 0.29) is 0 Å². The van der Waals surface area contributed by atoms with Crippen molar-refractivity contribution in [1.29, 1.82) is 0 Å². The summed E-state index contributed by atoms with van der Waals surface area (Å²) in [5.41, 5.74) is 0. The molecule has 0 unspecified atom stereocenters. The number of hydrogen-bond donors (Lipinski definition) is 1. The molecule has 0 saturated heterocycles. The van der Waals surface area contributed by atoms with Gasteiger partial charge in [0.15, 0.2) is 0 Å². The highest BCUT2D eigenvalue weighted by Gasteiger charge is 1.97. The van der Waals surface area contributed by atoms with Gasteiger partial charge in [-0.05, 0) is 19.9 Å². The summed E-state index contributed by atoms with van der Waals surface area (Å²) in [5, 5.41) is 3.13. The van der Waals surface area contributed by atoms with E-state index in [4.69, 9.17) is 9.47 Å². The SMILES string of the molecule is CCNc1cccc(OCCOCC)n1. The summed E-state index contributed by atoms with van der Waals surface area (Å²) in [6, 6.07) is 5.67. The number of hydrogen-bond acceptors (Lipinski definition) is 4. The number of aromatic nitrogens is 1. The Morgan fingerprint density at radius 2 is 2.13 bits per heavy atom. The second-order valence-electron chi connectivity index (χ2n) is 2.94. The molecule has 4 heteroatoms. The van der Waals surface area contributed by atoms with E-state index in [1.54, 1.807) is 0 Å². The highest BCUT2D eigenvalue weighted by atomic mass is 16.5. The van der Waals surface area contributed by atoms with Crippen LogP contribution < -0.4 is 10.1 Å². The zero-order chi connectivity index (χ0) is 10.9. The monoisotopic (exact) mass is 210 g/mol. The van der Waals surface area contributed by atoms with E-state index in [9.17, 15) is 0 Å². The van der Waals surface area contributed by atoms with Crippen LogP contribution in [0.4, 0.5) is 5.82 Å². The molecular weight excluding hydrogens is 192 g/mol. The lowest BCUT2D eigenvalue weighted by molar-refractivity contribution is 0.108. The van der Waals surface area contributed by atoms with Crippen LogP contribution in [0.15, 0.2) is 18.2 Å². The first-order valence-electron chi connectivity index (χ1n) is 5.28. The standard InChI is InChI=1S/C11H18N2O2/c1-3-12-10-6-5-7-11(13-10)15-9-8-14-4-2/h5-7H,3-4,8-9H2,1-2H3,(H,12,13). The Bertz CT molecular complexity index is 279. The van der Waals surface area contributed by atoms with Crippen molar-refractivity contribution in [2.24, 2.45) is 0 Å². The van der Waals surface area contributed by atoms with Gasteiger partial charge in [0.05, 0.1) is 6.61 Å². The van der Waals surface area contributed by atoms with E-state index in [2.05, 4.69) is 10.3 Å². The molecule has 0 aliphatic carbocycles. The fourth-order valence-corrected chi connectivity index (χ4v) is 1.12. The zero-order valence-electron chi connectivity index (χ0n) is 9.32. The number of ether oxygens (including phenoxy) is 2. The number of anilines is 1. The smallest absolute Gasteiger partial charge is 0.215 e. The summed E-state index contributed by atoms with van der Waals surface area (Å²) in [6.45, 7) is 6.71. The lowest BCUT2D eigenvalue weighted by atomic mass is 10.4. The molecule has 1 heterocycles. The topological polar surface area (TPSA) is 43.4 Å². The third-order valence-corrected chi connectivity index (χ3v) is 1.76. The van der Waals surface area contributed by atoms with Gasteiger partial charge in [-0.15, -0.1) is 0 Å². The molecule has 0 aliphatic heterocycles. The Kier molecular flexibility index (Phi) is 5.55. The van der Waals surface area contributed by atoms with Crippen molar-refractivity contribution >= 4 is 5.82 Å². The molecule has 0 aromatic carbocycles. The van der Waals surface area contributed by atoms with Crippen LogP contribution in [-0.2, 0) is 4.74 Å². The summed E-state index contributed by atoms with van der Waals surface area (Å²) < 4.78 is 10.6. The van der Waals surface area contributed by atoms with E-state index in [1.165, 1.54) is 0 Å². The average Bonchev–Trinajstić information content (AvgIpc) is 2.26. The van der Waals surface area contributed by atoms with E-state index in [0.29, 0.717) is 25.7 Å². The van der Waals surface area contributed by atoms with Gasteiger partial charge in [-0.2, -0.15) is 4.98 Å². The molecule has 0 aliphatic rings. The van der Waals surface area contributed by atoms with Gasteiger partial charge in [-0.3, -0.25) is 0 Å². The summed E-state index contributed by atoms with van der Waals surface area (Å²) in [6.07, 6.45) is 0. The van der Waals surface area contributed by atoms with Crippen molar-refractivity contribution in [2.45, 2.75) is 13.8 Å². The van der Waals surface area contributed by atoms with Crippen molar-refractivity contribution in [3.8, 4) is 5.88 Å². The highest BCUT2D eigenvalue weighted by molar-refractivity contribution is 5.36. The summed E-state index contributed by atoms with van der Waals surface area (Å²) >= 11 is 0. The van der Waals surface area contributed by atoms with Crippen molar-refractivity contribution in [2.75, 3.05) is 31.7 Å². The van der Waals surface area contributed by atoms with Gasteiger partial charge < -0.3 is 14.8 Å². The minimum atomic E-state index is 0.538. The van der Waals surface area contributed by atoms with Crippen molar-refractivity contribution < 1.29 is 9.47 Å². The maximum atomic E-state index is 5.42. The van der Waals surface area contributed by atoms with E-state index >= 15 is 0 Å². The molecule has 1 rings (SSSR count). The van der Waals surface area contributed by atoms with Gasteiger partial charge in [0.1, 0.15) is 12.4 Å². The number of nitrogens with one attached hydrogen (secondary N) is 1. The molecule has 1 aromatic heterocycles. The first-order chi connectivity index (χ1) is 7.36. The zero-order valence-corrected chi connectivity index (χ0v) is 9.32. The minimum absolute atomic E-state index is 0.538. The molecule has 84 valence electrons.